The molecule has 0 atom stereocenters. The Bertz CT molecular complexity index is 239. The molecule has 4 heteroatoms. The van der Waals surface area contributed by atoms with Crippen LogP contribution in [0.5, 0.6) is 0 Å². The Hall–Kier alpha value is 0.400. The summed E-state index contributed by atoms with van der Waals surface area (Å²) in [6.07, 6.45) is 1.68. The van der Waals surface area contributed by atoms with Crippen molar-refractivity contribution in [2.24, 2.45) is 0 Å². The van der Waals surface area contributed by atoms with Crippen LogP contribution < -0.4 is 0 Å². The largest absolute Gasteiger partial charge is 0.259 e. The van der Waals surface area contributed by atoms with Crippen molar-refractivity contribution in [2.45, 2.75) is 5.33 Å². The summed E-state index contributed by atoms with van der Waals surface area (Å²) in [6, 6.07) is 1.75. The van der Waals surface area contributed by atoms with Crippen LogP contribution in [0.2, 0.25) is 5.02 Å². The standard InChI is InChI=1S/C6H4Br2ClN/c7-3-5-6(8)4(9)1-2-10-5/h1-2H,3H2. The molecule has 1 aromatic rings. The minimum atomic E-state index is 0.699. The van der Waals surface area contributed by atoms with E-state index in [1.807, 2.05) is 0 Å². The number of alkyl halides is 1. The van der Waals surface area contributed by atoms with Crippen molar-refractivity contribution in [2.75, 3.05) is 0 Å². The van der Waals surface area contributed by atoms with Crippen molar-refractivity contribution in [1.29, 1.82) is 0 Å². The SMILES string of the molecule is Clc1ccnc(CBr)c1Br. The van der Waals surface area contributed by atoms with Gasteiger partial charge in [-0.2, -0.15) is 0 Å². The van der Waals surface area contributed by atoms with E-state index in [0.29, 0.717) is 10.4 Å². The third kappa shape index (κ3) is 1.71. The molecule has 1 heterocycles. The molecule has 0 aliphatic carbocycles. The molecule has 0 radical (unpaired) electrons. The van der Waals surface area contributed by atoms with E-state index in [9.17, 15) is 0 Å². The van der Waals surface area contributed by atoms with Gasteiger partial charge in [0.15, 0.2) is 0 Å². The van der Waals surface area contributed by atoms with Gasteiger partial charge < -0.3 is 0 Å². The van der Waals surface area contributed by atoms with E-state index >= 15 is 0 Å². The summed E-state index contributed by atoms with van der Waals surface area (Å²) < 4.78 is 0.869. The van der Waals surface area contributed by atoms with Gasteiger partial charge in [0.1, 0.15) is 0 Å². The number of hydrogen-bond acceptors (Lipinski definition) is 1. The molecule has 0 bridgehead atoms. The van der Waals surface area contributed by atoms with Crippen LogP contribution in [0.25, 0.3) is 0 Å². The molecule has 0 saturated heterocycles. The summed E-state index contributed by atoms with van der Waals surface area (Å²) in [6.45, 7) is 0. The zero-order valence-electron chi connectivity index (χ0n) is 4.94. The van der Waals surface area contributed by atoms with E-state index in [-0.39, 0.29) is 0 Å². The van der Waals surface area contributed by atoms with Gasteiger partial charge in [-0.25, -0.2) is 0 Å². The summed E-state index contributed by atoms with van der Waals surface area (Å²) in [5.41, 5.74) is 0.924. The third-order valence-corrected chi connectivity index (χ3v) is 3.00. The molecule has 0 fully saturated rings. The maximum Gasteiger partial charge on any atom is 0.0665 e. The monoisotopic (exact) mass is 283 g/mol. The zero-order valence-corrected chi connectivity index (χ0v) is 8.87. The Morgan fingerprint density at radius 2 is 2.30 bits per heavy atom. The van der Waals surface area contributed by atoms with Crippen LogP contribution >= 0.6 is 43.5 Å². The van der Waals surface area contributed by atoms with E-state index in [2.05, 4.69) is 36.8 Å². The van der Waals surface area contributed by atoms with Crippen molar-refractivity contribution in [3.05, 3.63) is 27.5 Å². The first-order chi connectivity index (χ1) is 4.75. The van der Waals surface area contributed by atoms with Crippen LogP contribution in [-0.2, 0) is 5.33 Å². The van der Waals surface area contributed by atoms with Crippen LogP contribution in [0.15, 0.2) is 16.7 Å². The highest BCUT2D eigenvalue weighted by molar-refractivity contribution is 9.10. The van der Waals surface area contributed by atoms with Gasteiger partial charge in [0, 0.05) is 11.5 Å². The van der Waals surface area contributed by atoms with E-state index in [4.69, 9.17) is 11.6 Å². The molecule has 0 N–H and O–H groups in total. The first kappa shape index (κ1) is 8.50. The smallest absolute Gasteiger partial charge is 0.0665 e. The highest BCUT2D eigenvalue weighted by atomic mass is 79.9. The fourth-order valence-electron chi connectivity index (χ4n) is 0.554. The van der Waals surface area contributed by atoms with Crippen molar-refractivity contribution in [3.63, 3.8) is 0 Å². The minimum Gasteiger partial charge on any atom is -0.259 e. The highest BCUT2D eigenvalue weighted by Crippen LogP contribution is 2.25. The second-order valence-corrected chi connectivity index (χ2v) is 3.45. The van der Waals surface area contributed by atoms with Gasteiger partial charge in [-0.15, -0.1) is 0 Å². The Morgan fingerprint density at radius 3 is 2.80 bits per heavy atom. The van der Waals surface area contributed by atoms with E-state index in [0.717, 1.165) is 10.2 Å². The summed E-state index contributed by atoms with van der Waals surface area (Å²) >= 11 is 12.4. The normalized spacial score (nSPS) is 9.90. The Labute approximate surface area is 81.1 Å². The molecule has 0 unspecified atom stereocenters. The lowest BCUT2D eigenvalue weighted by Crippen LogP contribution is -1.85. The van der Waals surface area contributed by atoms with Crippen LogP contribution in [0, 0.1) is 0 Å². The van der Waals surface area contributed by atoms with Gasteiger partial charge in [0.2, 0.25) is 0 Å². The first-order valence-electron chi connectivity index (χ1n) is 2.60. The molecule has 0 amide bonds. The number of rotatable bonds is 1. The van der Waals surface area contributed by atoms with Crippen molar-refractivity contribution in [3.8, 4) is 0 Å². The Balaban J connectivity index is 3.14. The van der Waals surface area contributed by atoms with Gasteiger partial charge in [-0.3, -0.25) is 4.98 Å². The fraction of sp³-hybridized carbons (Fsp3) is 0.167. The quantitative estimate of drug-likeness (QED) is 0.721. The number of aromatic nitrogens is 1. The summed E-state index contributed by atoms with van der Waals surface area (Å²) in [7, 11) is 0. The van der Waals surface area contributed by atoms with E-state index in [1.54, 1.807) is 12.3 Å². The highest BCUT2D eigenvalue weighted by Gasteiger charge is 2.01. The van der Waals surface area contributed by atoms with Gasteiger partial charge in [0.25, 0.3) is 0 Å². The molecule has 0 aliphatic heterocycles. The predicted octanol–water partition coefficient (Wildman–Crippen LogP) is 3.39. The molecular formula is C6H4Br2ClN. The first-order valence-corrected chi connectivity index (χ1v) is 4.90. The predicted molar refractivity (Wildman–Crippen MR) is 49.6 cm³/mol. The molecule has 0 aliphatic rings. The van der Waals surface area contributed by atoms with Gasteiger partial charge in [0.05, 0.1) is 15.2 Å². The van der Waals surface area contributed by atoms with Crippen molar-refractivity contribution >= 4 is 43.5 Å². The summed E-state index contributed by atoms with van der Waals surface area (Å²) in [5, 5.41) is 1.41. The summed E-state index contributed by atoms with van der Waals surface area (Å²) in [4.78, 5) is 4.08. The van der Waals surface area contributed by atoms with Crippen LogP contribution in [0.1, 0.15) is 5.69 Å². The molecule has 54 valence electrons. The minimum absolute atomic E-state index is 0.699. The van der Waals surface area contributed by atoms with E-state index < -0.39 is 0 Å². The number of halogens is 3. The second-order valence-electron chi connectivity index (χ2n) is 1.69. The average molecular weight is 285 g/mol. The number of hydrogen-bond donors (Lipinski definition) is 0. The molecule has 10 heavy (non-hydrogen) atoms. The van der Waals surface area contributed by atoms with E-state index in [1.165, 1.54) is 0 Å². The molecular weight excluding hydrogens is 281 g/mol. The third-order valence-electron chi connectivity index (χ3n) is 1.04. The maximum atomic E-state index is 5.78. The lowest BCUT2D eigenvalue weighted by Gasteiger charge is -1.98. The van der Waals surface area contributed by atoms with Gasteiger partial charge in [-0.1, -0.05) is 27.5 Å². The van der Waals surface area contributed by atoms with Crippen molar-refractivity contribution in [1.82, 2.24) is 4.98 Å². The molecule has 0 saturated carbocycles. The van der Waals surface area contributed by atoms with Gasteiger partial charge in [-0.05, 0) is 22.0 Å². The molecule has 1 nitrogen and oxygen atoms in total. The second kappa shape index (κ2) is 3.69. The molecule has 0 spiro atoms. The fourth-order valence-corrected chi connectivity index (χ4v) is 1.90. The summed E-state index contributed by atoms with van der Waals surface area (Å²) in [5.74, 6) is 0. The Morgan fingerprint density at radius 1 is 1.60 bits per heavy atom. The molecule has 1 aromatic heterocycles. The topological polar surface area (TPSA) is 12.9 Å². The number of nitrogens with zero attached hydrogens (tertiary/aromatic N) is 1. The molecule has 1 rings (SSSR count). The van der Waals surface area contributed by atoms with Crippen LogP contribution in [-0.4, -0.2) is 4.98 Å². The van der Waals surface area contributed by atoms with Crippen molar-refractivity contribution < 1.29 is 0 Å². The van der Waals surface area contributed by atoms with Crippen LogP contribution in [0.4, 0.5) is 0 Å². The van der Waals surface area contributed by atoms with Gasteiger partial charge >= 0.3 is 0 Å². The number of pyridine rings is 1. The van der Waals surface area contributed by atoms with Crippen LogP contribution in [0.3, 0.4) is 0 Å². The lowest BCUT2D eigenvalue weighted by molar-refractivity contribution is 1.17. The lowest BCUT2D eigenvalue weighted by atomic mass is 10.4. The molecule has 0 aromatic carbocycles. The Kier molecular flexibility index (Phi) is 3.14. The zero-order chi connectivity index (χ0) is 7.56. The average Bonchev–Trinajstić information content (AvgIpc) is 1.95. The maximum absolute atomic E-state index is 5.78.